The smallest absolute Gasteiger partial charge is 0.150 e. The van der Waals surface area contributed by atoms with E-state index < -0.39 is 18.3 Å². The summed E-state index contributed by atoms with van der Waals surface area (Å²) in [4.78, 5) is 0. The highest BCUT2D eigenvalue weighted by Crippen LogP contribution is 2.28. The Morgan fingerprint density at radius 1 is 1.39 bits per heavy atom. The van der Waals surface area contributed by atoms with Crippen LogP contribution in [0.25, 0.3) is 0 Å². The van der Waals surface area contributed by atoms with Crippen LogP contribution in [-0.2, 0) is 4.74 Å². The average molecular weight is 255 g/mol. The van der Waals surface area contributed by atoms with E-state index in [1.807, 2.05) is 6.20 Å². The van der Waals surface area contributed by atoms with Gasteiger partial charge in [-0.3, -0.25) is 5.84 Å². The fraction of sp³-hybridized carbons (Fsp3) is 0.667. The second kappa shape index (κ2) is 5.71. The summed E-state index contributed by atoms with van der Waals surface area (Å²) in [5, 5.41) is 22.5. The molecule has 0 bridgehead atoms. The molecule has 0 aromatic carbocycles. The summed E-state index contributed by atoms with van der Waals surface area (Å²) >= 11 is 0. The molecule has 0 aromatic heterocycles. The van der Waals surface area contributed by atoms with Gasteiger partial charge in [0.2, 0.25) is 0 Å². The predicted octanol–water partition coefficient (Wildman–Crippen LogP) is -0.542. The van der Waals surface area contributed by atoms with Crippen molar-refractivity contribution in [3.05, 3.63) is 24.1 Å². The minimum absolute atomic E-state index is 0.0595. The summed E-state index contributed by atoms with van der Waals surface area (Å²) in [7, 11) is 0. The molecule has 18 heavy (non-hydrogen) atoms. The maximum absolute atomic E-state index is 9.70. The number of allylic oxidation sites excluding steroid dienone is 1. The summed E-state index contributed by atoms with van der Waals surface area (Å²) in [6.07, 6.45) is 2.82. The van der Waals surface area contributed by atoms with Crippen molar-refractivity contribution in [1.29, 1.82) is 0 Å². The van der Waals surface area contributed by atoms with Gasteiger partial charge in [-0.15, -0.1) is 0 Å². The Bertz CT molecular complexity index is 335. The van der Waals surface area contributed by atoms with Crippen LogP contribution in [0.5, 0.6) is 0 Å². The van der Waals surface area contributed by atoms with E-state index in [1.165, 1.54) is 0 Å². The molecule has 6 heteroatoms. The summed E-state index contributed by atoms with van der Waals surface area (Å²) in [6.45, 7) is 3.86. The topological polar surface area (TPSA) is 99.8 Å². The molecule has 1 heterocycles. The fourth-order valence-corrected chi connectivity index (χ4v) is 2.33. The third-order valence-corrected chi connectivity index (χ3v) is 3.52. The zero-order chi connectivity index (χ0) is 13.1. The number of nitrogens with one attached hydrogen (secondary N) is 2. The Hall–Kier alpha value is -1.08. The van der Waals surface area contributed by atoms with Crippen molar-refractivity contribution in [2.75, 3.05) is 0 Å². The molecular weight excluding hydrogens is 234 g/mol. The van der Waals surface area contributed by atoms with Crippen LogP contribution in [-0.4, -0.2) is 34.7 Å². The number of hydrogen-bond donors (Lipinski definition) is 5. The van der Waals surface area contributed by atoms with Crippen LogP contribution < -0.4 is 16.6 Å². The molecule has 1 fully saturated rings. The van der Waals surface area contributed by atoms with Gasteiger partial charge >= 0.3 is 0 Å². The highest BCUT2D eigenvalue weighted by atomic mass is 16.5. The van der Waals surface area contributed by atoms with E-state index in [2.05, 4.69) is 17.3 Å². The van der Waals surface area contributed by atoms with Crippen LogP contribution in [0.15, 0.2) is 24.1 Å². The summed E-state index contributed by atoms with van der Waals surface area (Å²) in [6, 6.07) is 0. The summed E-state index contributed by atoms with van der Waals surface area (Å²) in [5.74, 6) is 5.83. The van der Waals surface area contributed by atoms with E-state index in [0.717, 1.165) is 18.4 Å². The second-order valence-electron chi connectivity index (χ2n) is 4.81. The molecule has 2 aliphatic rings. The molecule has 102 valence electrons. The zero-order valence-electron chi connectivity index (χ0n) is 10.3. The Balaban J connectivity index is 1.90. The highest BCUT2D eigenvalue weighted by molar-refractivity contribution is 5.25. The van der Waals surface area contributed by atoms with Gasteiger partial charge < -0.3 is 20.3 Å². The molecule has 6 nitrogen and oxygen atoms in total. The molecule has 2 rings (SSSR count). The van der Waals surface area contributed by atoms with Gasteiger partial charge in [0.15, 0.2) is 6.10 Å². The maximum Gasteiger partial charge on any atom is 0.150 e. The van der Waals surface area contributed by atoms with Gasteiger partial charge in [0.1, 0.15) is 5.76 Å². The van der Waals surface area contributed by atoms with Gasteiger partial charge in [-0.05, 0) is 25.7 Å². The van der Waals surface area contributed by atoms with Crippen molar-refractivity contribution in [2.45, 2.75) is 50.2 Å². The number of hydrogen-bond acceptors (Lipinski definition) is 6. The molecule has 3 atom stereocenters. The molecule has 0 radical (unpaired) electrons. The molecule has 0 spiro atoms. The van der Waals surface area contributed by atoms with Crippen LogP contribution in [0, 0.1) is 0 Å². The van der Waals surface area contributed by atoms with Crippen molar-refractivity contribution >= 4 is 0 Å². The number of aliphatic hydroxyl groups excluding tert-OH is 2. The Labute approximate surface area is 106 Å². The molecule has 0 aromatic rings. The average Bonchev–Trinajstić information content (AvgIpc) is 2.70. The Morgan fingerprint density at radius 3 is 2.56 bits per heavy atom. The number of aliphatic hydroxyl groups is 2. The van der Waals surface area contributed by atoms with Crippen LogP contribution in [0.2, 0.25) is 0 Å². The summed E-state index contributed by atoms with van der Waals surface area (Å²) < 4.78 is 5.59. The minimum Gasteiger partial charge on any atom is -0.485 e. The quantitative estimate of drug-likeness (QED) is 0.263. The van der Waals surface area contributed by atoms with Crippen molar-refractivity contribution in [2.24, 2.45) is 5.84 Å². The lowest BCUT2D eigenvalue weighted by Gasteiger charge is -2.27. The molecule has 1 aliphatic heterocycles. The third kappa shape index (κ3) is 2.84. The minimum atomic E-state index is -0.618. The first-order chi connectivity index (χ1) is 8.61. The van der Waals surface area contributed by atoms with Crippen molar-refractivity contribution in [3.8, 4) is 0 Å². The number of nitrogens with two attached hydrogens (primary N) is 1. The van der Waals surface area contributed by atoms with Crippen LogP contribution in [0.4, 0.5) is 0 Å². The standard InChI is InChI=1S/C12H21N3O3/c1-7(8-2-5-11(15-13)14-6-8)18-12-9(16)3-4-10(12)17/h6,9-12,14-17H,1-5,13H2. The molecular formula is C12H21N3O3. The van der Waals surface area contributed by atoms with Crippen LogP contribution in [0.3, 0.4) is 0 Å². The van der Waals surface area contributed by atoms with Gasteiger partial charge in [0, 0.05) is 11.8 Å². The molecule has 0 amide bonds. The van der Waals surface area contributed by atoms with Crippen molar-refractivity contribution in [3.63, 3.8) is 0 Å². The lowest BCUT2D eigenvalue weighted by atomic mass is 10.1. The molecule has 6 N–H and O–H groups in total. The lowest BCUT2D eigenvalue weighted by molar-refractivity contribution is -0.0362. The van der Waals surface area contributed by atoms with Crippen LogP contribution in [0.1, 0.15) is 25.7 Å². The van der Waals surface area contributed by atoms with Gasteiger partial charge in [-0.1, -0.05) is 6.58 Å². The maximum atomic E-state index is 9.70. The van der Waals surface area contributed by atoms with Gasteiger partial charge in [0.25, 0.3) is 0 Å². The second-order valence-corrected chi connectivity index (χ2v) is 4.81. The third-order valence-electron chi connectivity index (χ3n) is 3.52. The van der Waals surface area contributed by atoms with E-state index >= 15 is 0 Å². The van der Waals surface area contributed by atoms with Gasteiger partial charge in [-0.2, -0.15) is 0 Å². The van der Waals surface area contributed by atoms with E-state index in [-0.39, 0.29) is 6.17 Å². The SMILES string of the molecule is C=C(OC1C(O)CCC1O)C1=CNC(NN)CC1. The monoisotopic (exact) mass is 255 g/mol. The van der Waals surface area contributed by atoms with E-state index in [4.69, 9.17) is 10.6 Å². The van der Waals surface area contributed by atoms with Gasteiger partial charge in [0.05, 0.1) is 18.4 Å². The molecule has 1 aliphatic carbocycles. The molecule has 3 unspecified atom stereocenters. The zero-order valence-corrected chi connectivity index (χ0v) is 10.3. The molecule has 0 saturated heterocycles. The lowest BCUT2D eigenvalue weighted by Crippen LogP contribution is -2.45. The number of ether oxygens (including phenoxy) is 1. The number of hydrazine groups is 1. The van der Waals surface area contributed by atoms with Gasteiger partial charge in [-0.25, -0.2) is 5.43 Å². The first kappa shape index (κ1) is 13.4. The van der Waals surface area contributed by atoms with E-state index in [9.17, 15) is 10.2 Å². The first-order valence-corrected chi connectivity index (χ1v) is 6.25. The van der Waals surface area contributed by atoms with Crippen molar-refractivity contribution in [1.82, 2.24) is 10.7 Å². The van der Waals surface area contributed by atoms with E-state index in [1.54, 1.807) is 0 Å². The highest BCUT2D eigenvalue weighted by Gasteiger charge is 2.36. The predicted molar refractivity (Wildman–Crippen MR) is 66.8 cm³/mol. The molecule has 1 saturated carbocycles. The summed E-state index contributed by atoms with van der Waals surface area (Å²) in [5.41, 5.74) is 3.58. The Kier molecular flexibility index (Phi) is 4.23. The van der Waals surface area contributed by atoms with E-state index in [0.29, 0.717) is 18.6 Å². The Morgan fingerprint density at radius 2 is 2.06 bits per heavy atom. The van der Waals surface area contributed by atoms with Crippen molar-refractivity contribution < 1.29 is 14.9 Å². The first-order valence-electron chi connectivity index (χ1n) is 6.25. The van der Waals surface area contributed by atoms with Crippen LogP contribution >= 0.6 is 0 Å². The fourth-order valence-electron chi connectivity index (χ4n) is 2.33. The largest absolute Gasteiger partial charge is 0.485 e. The normalized spacial score (nSPS) is 35.8. The number of rotatable bonds is 4.